The molecule has 30 heavy (non-hydrogen) atoms. The number of aromatic nitrogens is 3. The number of nitrogens with one attached hydrogen (secondary N) is 1. The molecule has 5 rings (SSSR count). The number of benzene rings is 1. The zero-order chi connectivity index (χ0) is 20.3. The summed E-state index contributed by atoms with van der Waals surface area (Å²) in [6, 6.07) is 10.7. The van der Waals surface area contributed by atoms with Gasteiger partial charge < -0.3 is 15.0 Å². The number of ether oxygens (including phenoxy) is 1. The molecule has 0 spiro atoms. The summed E-state index contributed by atoms with van der Waals surface area (Å²) in [4.78, 5) is 16.8. The van der Waals surface area contributed by atoms with E-state index in [-0.39, 0.29) is 12.1 Å². The van der Waals surface area contributed by atoms with Crippen LogP contribution in [0.3, 0.4) is 0 Å². The van der Waals surface area contributed by atoms with Crippen molar-refractivity contribution >= 4 is 6.03 Å². The van der Waals surface area contributed by atoms with E-state index in [0.29, 0.717) is 19.2 Å². The molecule has 0 radical (unpaired) electrons. The maximum atomic E-state index is 12.5. The number of rotatable bonds is 4. The van der Waals surface area contributed by atoms with E-state index < -0.39 is 0 Å². The highest BCUT2D eigenvalue weighted by Crippen LogP contribution is 2.27. The Balaban J connectivity index is 1.14. The number of piperazine rings is 1. The molecule has 2 aliphatic heterocycles. The molecule has 1 N–H and O–H groups in total. The predicted octanol–water partition coefficient (Wildman–Crippen LogP) is 2.32. The maximum absolute atomic E-state index is 12.5. The van der Waals surface area contributed by atoms with E-state index in [1.54, 1.807) is 0 Å². The van der Waals surface area contributed by atoms with E-state index in [1.807, 2.05) is 27.8 Å². The van der Waals surface area contributed by atoms with Crippen molar-refractivity contribution in [2.45, 2.75) is 57.5 Å². The fourth-order valence-electron chi connectivity index (χ4n) is 4.71. The van der Waals surface area contributed by atoms with Crippen LogP contribution in [0.25, 0.3) is 0 Å². The van der Waals surface area contributed by atoms with Gasteiger partial charge in [0, 0.05) is 38.8 Å². The molecule has 3 heterocycles. The van der Waals surface area contributed by atoms with Crippen LogP contribution in [0.2, 0.25) is 0 Å². The van der Waals surface area contributed by atoms with Crippen molar-refractivity contribution in [2.24, 2.45) is 0 Å². The number of hydrogen-bond acceptors (Lipinski definition) is 5. The average Bonchev–Trinajstić information content (AvgIpc) is 3.44. The summed E-state index contributed by atoms with van der Waals surface area (Å²) in [6.07, 6.45) is 4.74. The molecule has 1 saturated carbocycles. The molecule has 160 valence electrons. The van der Waals surface area contributed by atoms with Crippen molar-refractivity contribution in [2.75, 3.05) is 26.2 Å². The molecule has 1 atom stereocenters. The van der Waals surface area contributed by atoms with E-state index in [0.717, 1.165) is 57.0 Å². The number of hydrogen-bond donors (Lipinski definition) is 1. The SMILES string of the molecule is O=C(NC1CCCC1)N1CCN(Cc2nnn3c2CO[C@@H](c2ccccc2)C3)CC1. The van der Waals surface area contributed by atoms with Crippen molar-refractivity contribution in [3.05, 3.63) is 47.3 Å². The second-order valence-corrected chi connectivity index (χ2v) is 8.57. The van der Waals surface area contributed by atoms with Crippen LogP contribution < -0.4 is 5.32 Å². The molecule has 1 saturated heterocycles. The van der Waals surface area contributed by atoms with Gasteiger partial charge in [-0.25, -0.2) is 9.48 Å². The average molecular weight is 411 g/mol. The number of nitrogens with zero attached hydrogens (tertiary/aromatic N) is 5. The summed E-state index contributed by atoms with van der Waals surface area (Å²) in [6.45, 7) is 5.22. The minimum Gasteiger partial charge on any atom is -0.365 e. The topological polar surface area (TPSA) is 75.5 Å². The van der Waals surface area contributed by atoms with E-state index >= 15 is 0 Å². The minimum atomic E-state index is 0.0233. The number of carbonyl (C=O) groups is 1. The van der Waals surface area contributed by atoms with Crippen LogP contribution in [0.1, 0.15) is 48.7 Å². The third-order valence-electron chi connectivity index (χ3n) is 6.57. The molecular formula is C22H30N6O2. The molecule has 1 aliphatic carbocycles. The summed E-state index contributed by atoms with van der Waals surface area (Å²) in [5.74, 6) is 0. The predicted molar refractivity (Wildman–Crippen MR) is 112 cm³/mol. The molecule has 2 aromatic rings. The fourth-order valence-corrected chi connectivity index (χ4v) is 4.71. The Bertz CT molecular complexity index is 856. The first-order chi connectivity index (χ1) is 14.8. The van der Waals surface area contributed by atoms with E-state index in [9.17, 15) is 4.79 Å². The Kier molecular flexibility index (Phi) is 5.68. The summed E-state index contributed by atoms with van der Waals surface area (Å²) >= 11 is 0. The van der Waals surface area contributed by atoms with Crippen LogP contribution in [0.4, 0.5) is 4.79 Å². The van der Waals surface area contributed by atoms with Crippen molar-refractivity contribution in [3.8, 4) is 0 Å². The molecule has 2 amide bonds. The largest absolute Gasteiger partial charge is 0.365 e. The second kappa shape index (κ2) is 8.73. The smallest absolute Gasteiger partial charge is 0.317 e. The molecule has 8 heteroatoms. The molecule has 1 aromatic heterocycles. The first-order valence-electron chi connectivity index (χ1n) is 11.1. The van der Waals surface area contributed by atoms with Gasteiger partial charge in [-0.2, -0.15) is 0 Å². The highest BCUT2D eigenvalue weighted by Gasteiger charge is 2.28. The van der Waals surface area contributed by atoms with Gasteiger partial charge >= 0.3 is 6.03 Å². The van der Waals surface area contributed by atoms with Crippen molar-refractivity contribution in [1.82, 2.24) is 30.1 Å². The Morgan fingerprint density at radius 1 is 1.10 bits per heavy atom. The Morgan fingerprint density at radius 3 is 2.63 bits per heavy atom. The van der Waals surface area contributed by atoms with E-state index in [4.69, 9.17) is 4.74 Å². The summed E-state index contributed by atoms with van der Waals surface area (Å²) in [5.41, 5.74) is 3.24. The van der Waals surface area contributed by atoms with Gasteiger partial charge in [0.15, 0.2) is 0 Å². The zero-order valence-corrected chi connectivity index (χ0v) is 17.4. The summed E-state index contributed by atoms with van der Waals surface area (Å²) < 4.78 is 8.10. The first kappa shape index (κ1) is 19.5. The lowest BCUT2D eigenvalue weighted by molar-refractivity contribution is -0.00218. The molecule has 8 nitrogen and oxygen atoms in total. The van der Waals surface area contributed by atoms with Gasteiger partial charge in [0.25, 0.3) is 0 Å². The molecule has 0 unspecified atom stereocenters. The fraction of sp³-hybridized carbons (Fsp3) is 0.591. The lowest BCUT2D eigenvalue weighted by Crippen LogP contribution is -2.53. The minimum absolute atomic E-state index is 0.0233. The Labute approximate surface area is 177 Å². The molecule has 3 aliphatic rings. The van der Waals surface area contributed by atoms with Crippen LogP contribution in [0.15, 0.2) is 30.3 Å². The first-order valence-corrected chi connectivity index (χ1v) is 11.1. The lowest BCUT2D eigenvalue weighted by atomic mass is 10.1. The van der Waals surface area contributed by atoms with Gasteiger partial charge in [0.05, 0.1) is 18.8 Å². The Hall–Kier alpha value is -2.45. The summed E-state index contributed by atoms with van der Waals surface area (Å²) in [7, 11) is 0. The number of carbonyl (C=O) groups excluding carboxylic acids is 1. The van der Waals surface area contributed by atoms with Gasteiger partial charge in [-0.05, 0) is 18.4 Å². The highest BCUT2D eigenvalue weighted by molar-refractivity contribution is 5.74. The van der Waals surface area contributed by atoms with Crippen molar-refractivity contribution in [1.29, 1.82) is 0 Å². The molecule has 1 aromatic carbocycles. The molecule has 2 fully saturated rings. The van der Waals surface area contributed by atoms with Crippen LogP contribution in [-0.4, -0.2) is 63.0 Å². The molecule has 0 bridgehead atoms. The van der Waals surface area contributed by atoms with Crippen molar-refractivity contribution < 1.29 is 9.53 Å². The van der Waals surface area contributed by atoms with Crippen LogP contribution in [0, 0.1) is 0 Å². The summed E-state index contributed by atoms with van der Waals surface area (Å²) in [5, 5.41) is 12.0. The second-order valence-electron chi connectivity index (χ2n) is 8.57. The monoisotopic (exact) mass is 410 g/mol. The van der Waals surface area contributed by atoms with Gasteiger partial charge in [-0.1, -0.05) is 48.4 Å². The van der Waals surface area contributed by atoms with Gasteiger partial charge in [-0.15, -0.1) is 5.10 Å². The number of amides is 2. The van der Waals surface area contributed by atoms with Crippen LogP contribution >= 0.6 is 0 Å². The third-order valence-corrected chi connectivity index (χ3v) is 6.57. The lowest BCUT2D eigenvalue weighted by Gasteiger charge is -2.35. The van der Waals surface area contributed by atoms with E-state index in [2.05, 4.69) is 32.7 Å². The highest BCUT2D eigenvalue weighted by atomic mass is 16.5. The van der Waals surface area contributed by atoms with Crippen LogP contribution in [-0.2, 0) is 24.4 Å². The third kappa shape index (κ3) is 4.20. The van der Waals surface area contributed by atoms with Gasteiger partial charge in [0.1, 0.15) is 11.8 Å². The van der Waals surface area contributed by atoms with Gasteiger partial charge in [-0.3, -0.25) is 4.90 Å². The number of urea groups is 1. The maximum Gasteiger partial charge on any atom is 0.317 e. The number of fused-ring (bicyclic) bond motifs is 1. The Morgan fingerprint density at radius 2 is 1.87 bits per heavy atom. The zero-order valence-electron chi connectivity index (χ0n) is 17.4. The standard InChI is InChI=1S/C22H30N6O2/c29-22(23-18-8-4-5-9-18)27-12-10-26(11-13-27)14-19-20-16-30-21(15-28(20)25-24-19)17-6-2-1-3-7-17/h1-3,6-7,18,21H,4-5,8-16H2,(H,23,29)/t21-/m1/s1. The van der Waals surface area contributed by atoms with Gasteiger partial charge in [0.2, 0.25) is 0 Å². The normalized spacial score (nSPS) is 22.8. The van der Waals surface area contributed by atoms with Crippen molar-refractivity contribution in [3.63, 3.8) is 0 Å². The molecular weight excluding hydrogens is 380 g/mol. The van der Waals surface area contributed by atoms with E-state index in [1.165, 1.54) is 18.4 Å². The van der Waals surface area contributed by atoms with Crippen LogP contribution in [0.5, 0.6) is 0 Å². The quantitative estimate of drug-likeness (QED) is 0.837.